The summed E-state index contributed by atoms with van der Waals surface area (Å²) in [6.07, 6.45) is 11.5. The third kappa shape index (κ3) is 5.93. The number of amides is 1. The minimum Gasteiger partial charge on any atom is -0.477 e. The molecular weight excluding hydrogens is 460 g/mol. The molecule has 7 heteroatoms. The van der Waals surface area contributed by atoms with Crippen molar-refractivity contribution in [3.63, 3.8) is 0 Å². The van der Waals surface area contributed by atoms with Crippen molar-refractivity contribution >= 4 is 34.5 Å². The summed E-state index contributed by atoms with van der Waals surface area (Å²) in [5, 5.41) is 21.9. The van der Waals surface area contributed by atoms with Gasteiger partial charge in [0.25, 0.3) is 0 Å². The molecule has 1 atom stereocenters. The van der Waals surface area contributed by atoms with Gasteiger partial charge in [0.1, 0.15) is 11.1 Å². The van der Waals surface area contributed by atoms with Gasteiger partial charge in [0.2, 0.25) is 5.91 Å². The normalized spacial score (nSPS) is 24.8. The van der Waals surface area contributed by atoms with Crippen LogP contribution in [-0.4, -0.2) is 52.3 Å². The van der Waals surface area contributed by atoms with Gasteiger partial charge in [-0.1, -0.05) is 39.7 Å². The average molecular weight is 503 g/mol. The maximum atomic E-state index is 12.6. The summed E-state index contributed by atoms with van der Waals surface area (Å²) >= 11 is 1.36. The molecule has 1 saturated carbocycles. The number of piperidine rings is 1. The number of rotatable bonds is 7. The molecule has 1 amide bonds. The van der Waals surface area contributed by atoms with E-state index in [1.807, 2.05) is 29.7 Å². The lowest BCUT2D eigenvalue weighted by molar-refractivity contribution is -0.135. The van der Waals surface area contributed by atoms with Crippen LogP contribution in [0.4, 0.5) is 5.69 Å². The number of nitrogens with zero attached hydrogens (tertiary/aromatic N) is 2. The second-order valence-electron chi connectivity index (χ2n) is 11.2. The number of anilines is 1. The Bertz CT molecular complexity index is 923. The van der Waals surface area contributed by atoms with Crippen LogP contribution in [-0.2, 0) is 4.79 Å². The Morgan fingerprint density at radius 1 is 1.09 bits per heavy atom. The zero-order chi connectivity index (χ0) is 25.1. The van der Waals surface area contributed by atoms with Gasteiger partial charge < -0.3 is 20.0 Å². The highest BCUT2D eigenvalue weighted by Gasteiger charge is 2.38. The molecule has 1 unspecified atom stereocenters. The van der Waals surface area contributed by atoms with Crippen LogP contribution in [0, 0.1) is 17.8 Å². The van der Waals surface area contributed by atoms with Crippen molar-refractivity contribution in [2.24, 2.45) is 17.8 Å². The highest BCUT2D eigenvalue weighted by atomic mass is 32.1. The van der Waals surface area contributed by atoms with E-state index < -0.39 is 12.2 Å². The summed E-state index contributed by atoms with van der Waals surface area (Å²) < 4.78 is 0. The monoisotopic (exact) mass is 502 g/mol. The molecule has 2 heterocycles. The first-order valence-electron chi connectivity index (χ1n) is 13.6. The minimum absolute atomic E-state index is 0.0152. The number of carboxylic acids is 1. The lowest BCUT2D eigenvalue weighted by atomic mass is 9.81. The zero-order valence-corrected chi connectivity index (χ0v) is 22.4. The SMILES string of the molecule is CC1CCC(C(O)N(c2cc(C3=CCCCC3)sc2C(=O)O)C2CCN(C(=O)C(C)C)CC2)CC1. The molecule has 0 spiro atoms. The molecule has 1 aromatic rings. The molecule has 3 aliphatic rings. The third-order valence-corrected chi connectivity index (χ3v) is 9.41. The van der Waals surface area contributed by atoms with E-state index in [1.165, 1.54) is 23.3 Å². The number of aromatic carboxylic acids is 1. The van der Waals surface area contributed by atoms with E-state index in [9.17, 15) is 19.8 Å². The Balaban J connectivity index is 1.65. The van der Waals surface area contributed by atoms with Crippen molar-refractivity contribution in [2.45, 2.75) is 97.2 Å². The number of hydrogen-bond acceptors (Lipinski definition) is 5. The maximum absolute atomic E-state index is 12.6. The standard InChI is InChI=1S/C28H42N2O4S/c1-18(2)26(31)29-15-13-22(14-16-29)30(27(32)21-11-9-19(3)10-12-21)23-17-24(35-25(23)28(33)34)20-7-5-4-6-8-20/h7,17-19,21-22,27,32H,4-6,8-16H2,1-3H3,(H,33,34). The first-order chi connectivity index (χ1) is 16.8. The number of carbonyl (C=O) groups is 2. The third-order valence-electron chi connectivity index (χ3n) is 8.22. The Hall–Kier alpha value is -1.86. The molecule has 2 fully saturated rings. The second-order valence-corrected chi connectivity index (χ2v) is 12.2. The fourth-order valence-corrected chi connectivity index (χ4v) is 7.11. The molecule has 194 valence electrons. The van der Waals surface area contributed by atoms with E-state index in [1.54, 1.807) is 0 Å². The first kappa shape index (κ1) is 26.2. The van der Waals surface area contributed by atoms with Crippen LogP contribution in [0.25, 0.3) is 5.57 Å². The quantitative estimate of drug-likeness (QED) is 0.447. The molecule has 4 rings (SSSR count). The van der Waals surface area contributed by atoms with Gasteiger partial charge in [0.05, 0.1) is 5.69 Å². The summed E-state index contributed by atoms with van der Waals surface area (Å²) in [5.41, 5.74) is 1.91. The number of aliphatic hydroxyl groups is 1. The van der Waals surface area contributed by atoms with E-state index >= 15 is 0 Å². The summed E-state index contributed by atoms with van der Waals surface area (Å²) in [7, 11) is 0. The van der Waals surface area contributed by atoms with Crippen molar-refractivity contribution in [3.05, 3.63) is 21.9 Å². The lowest BCUT2D eigenvalue weighted by Gasteiger charge is -2.45. The number of thiophene rings is 1. The number of hydrogen-bond donors (Lipinski definition) is 2. The largest absolute Gasteiger partial charge is 0.477 e. The van der Waals surface area contributed by atoms with Gasteiger partial charge >= 0.3 is 5.97 Å². The van der Waals surface area contributed by atoms with Gasteiger partial charge in [-0.3, -0.25) is 4.79 Å². The fraction of sp³-hybridized carbons (Fsp3) is 0.714. The van der Waals surface area contributed by atoms with Crippen LogP contribution in [0.15, 0.2) is 12.1 Å². The number of likely N-dealkylation sites (tertiary alicyclic amines) is 1. The number of carbonyl (C=O) groups excluding carboxylic acids is 1. The highest BCUT2D eigenvalue weighted by molar-refractivity contribution is 7.15. The van der Waals surface area contributed by atoms with E-state index in [4.69, 9.17) is 0 Å². The molecule has 0 radical (unpaired) electrons. The number of carboxylic acid groups (broad SMARTS) is 1. The topological polar surface area (TPSA) is 81.1 Å². The lowest BCUT2D eigenvalue weighted by Crippen LogP contribution is -2.53. The molecule has 35 heavy (non-hydrogen) atoms. The maximum Gasteiger partial charge on any atom is 0.348 e. The Kier molecular flexibility index (Phi) is 8.59. The second kappa shape index (κ2) is 11.5. The molecule has 1 aromatic heterocycles. The van der Waals surface area contributed by atoms with Crippen LogP contribution >= 0.6 is 11.3 Å². The van der Waals surface area contributed by atoms with Crippen molar-refractivity contribution in [1.82, 2.24) is 4.90 Å². The van der Waals surface area contributed by atoms with Crippen molar-refractivity contribution in [1.29, 1.82) is 0 Å². The zero-order valence-electron chi connectivity index (χ0n) is 21.5. The summed E-state index contributed by atoms with van der Waals surface area (Å²) in [6, 6.07) is 2.05. The predicted octanol–water partition coefficient (Wildman–Crippen LogP) is 6.00. The summed E-state index contributed by atoms with van der Waals surface area (Å²) in [4.78, 5) is 30.3. The smallest absolute Gasteiger partial charge is 0.348 e. The Labute approximate surface area is 214 Å². The van der Waals surface area contributed by atoms with Gasteiger partial charge in [0, 0.05) is 35.8 Å². The van der Waals surface area contributed by atoms with Crippen molar-refractivity contribution in [2.75, 3.05) is 18.0 Å². The van der Waals surface area contributed by atoms with Crippen molar-refractivity contribution < 1.29 is 19.8 Å². The molecule has 2 N–H and O–H groups in total. The van der Waals surface area contributed by atoms with Crippen LogP contribution in [0.2, 0.25) is 0 Å². The van der Waals surface area contributed by atoms with Crippen LogP contribution in [0.5, 0.6) is 0 Å². The molecule has 6 nitrogen and oxygen atoms in total. The van der Waals surface area contributed by atoms with Crippen LogP contribution in [0.1, 0.15) is 99.5 Å². The fourth-order valence-electron chi connectivity index (χ4n) is 6.04. The van der Waals surface area contributed by atoms with Gasteiger partial charge in [-0.15, -0.1) is 11.3 Å². The van der Waals surface area contributed by atoms with Crippen molar-refractivity contribution in [3.8, 4) is 0 Å². The summed E-state index contributed by atoms with van der Waals surface area (Å²) in [5.74, 6) is 0.0390. The molecule has 0 aromatic carbocycles. The average Bonchev–Trinajstić information content (AvgIpc) is 3.30. The summed E-state index contributed by atoms with van der Waals surface area (Å²) in [6.45, 7) is 7.43. The molecule has 2 aliphatic carbocycles. The molecular formula is C28H42N2O4S. The molecule has 0 bridgehead atoms. The van der Waals surface area contributed by atoms with E-state index in [2.05, 4.69) is 13.0 Å². The van der Waals surface area contributed by atoms with E-state index in [0.29, 0.717) is 29.6 Å². The Morgan fingerprint density at radius 3 is 2.34 bits per heavy atom. The van der Waals surface area contributed by atoms with Gasteiger partial charge in [-0.05, 0) is 68.9 Å². The molecule has 1 aliphatic heterocycles. The predicted molar refractivity (Wildman–Crippen MR) is 142 cm³/mol. The van der Waals surface area contributed by atoms with E-state index in [-0.39, 0.29) is 23.8 Å². The number of aliphatic hydroxyl groups excluding tert-OH is 1. The van der Waals surface area contributed by atoms with Crippen LogP contribution < -0.4 is 4.90 Å². The minimum atomic E-state index is -0.922. The van der Waals surface area contributed by atoms with E-state index in [0.717, 1.165) is 62.7 Å². The van der Waals surface area contributed by atoms with Gasteiger partial charge in [-0.25, -0.2) is 4.79 Å². The van der Waals surface area contributed by atoms with Crippen LogP contribution in [0.3, 0.4) is 0 Å². The van der Waals surface area contributed by atoms with Gasteiger partial charge in [-0.2, -0.15) is 0 Å². The highest BCUT2D eigenvalue weighted by Crippen LogP contribution is 2.42. The Morgan fingerprint density at radius 2 is 1.77 bits per heavy atom. The van der Waals surface area contributed by atoms with Gasteiger partial charge in [0.15, 0.2) is 0 Å². The first-order valence-corrected chi connectivity index (χ1v) is 14.4. The molecule has 1 saturated heterocycles. The number of allylic oxidation sites excluding steroid dienone is 2.